The van der Waals surface area contributed by atoms with Gasteiger partial charge in [0.05, 0.1) is 0 Å². The largest absolute Gasteiger partial charge is 0.325 e. The van der Waals surface area contributed by atoms with Crippen LogP contribution >= 0.6 is 23.2 Å². The summed E-state index contributed by atoms with van der Waals surface area (Å²) in [5, 5.41) is 1.52. The third kappa shape index (κ3) is 4.11. The maximum atomic E-state index is 6.57. The molecule has 0 aromatic heterocycles. The minimum atomic E-state index is -0.0986. The molecule has 3 heteroatoms. The van der Waals surface area contributed by atoms with Crippen molar-refractivity contribution in [1.29, 1.82) is 0 Å². The molecule has 1 saturated carbocycles. The second-order valence-electron chi connectivity index (χ2n) is 6.01. The average molecular weight is 300 g/mol. The van der Waals surface area contributed by atoms with E-state index in [-0.39, 0.29) is 5.54 Å². The van der Waals surface area contributed by atoms with Gasteiger partial charge in [-0.15, -0.1) is 0 Å². The molecule has 1 aromatic carbocycles. The molecule has 1 aliphatic carbocycles. The van der Waals surface area contributed by atoms with Crippen LogP contribution in [0.1, 0.15) is 51.0 Å². The third-order valence-electron chi connectivity index (χ3n) is 4.35. The van der Waals surface area contributed by atoms with Crippen LogP contribution in [-0.2, 0) is 6.42 Å². The van der Waals surface area contributed by atoms with Gasteiger partial charge in [0.1, 0.15) is 0 Å². The molecule has 0 radical (unpaired) electrons. The van der Waals surface area contributed by atoms with Crippen molar-refractivity contribution in [3.63, 3.8) is 0 Å². The van der Waals surface area contributed by atoms with E-state index >= 15 is 0 Å². The molecule has 1 aromatic rings. The molecule has 1 nitrogen and oxygen atoms in total. The van der Waals surface area contributed by atoms with Gasteiger partial charge in [-0.25, -0.2) is 0 Å². The van der Waals surface area contributed by atoms with Crippen molar-refractivity contribution in [1.82, 2.24) is 0 Å². The SMILES string of the molecule is CCCC1CCC(N)(Cc2cc(Cl)ccc2Cl)CC1. The van der Waals surface area contributed by atoms with Crippen molar-refractivity contribution < 1.29 is 0 Å². The van der Waals surface area contributed by atoms with E-state index in [1.54, 1.807) is 0 Å². The molecule has 0 saturated heterocycles. The number of hydrogen-bond acceptors (Lipinski definition) is 1. The molecule has 2 rings (SSSR count). The van der Waals surface area contributed by atoms with Crippen LogP contribution in [-0.4, -0.2) is 5.54 Å². The highest BCUT2D eigenvalue weighted by Crippen LogP contribution is 2.36. The summed E-state index contributed by atoms with van der Waals surface area (Å²) >= 11 is 12.3. The molecule has 2 N–H and O–H groups in total. The predicted molar refractivity (Wildman–Crippen MR) is 84.0 cm³/mol. The van der Waals surface area contributed by atoms with Crippen LogP contribution < -0.4 is 5.73 Å². The maximum Gasteiger partial charge on any atom is 0.0439 e. The Morgan fingerprint density at radius 1 is 1.26 bits per heavy atom. The second kappa shape index (κ2) is 6.47. The Bertz CT molecular complexity index is 423. The third-order valence-corrected chi connectivity index (χ3v) is 4.95. The van der Waals surface area contributed by atoms with Crippen LogP contribution in [0.15, 0.2) is 18.2 Å². The average Bonchev–Trinajstić information content (AvgIpc) is 2.37. The van der Waals surface area contributed by atoms with E-state index < -0.39 is 0 Å². The van der Waals surface area contributed by atoms with Gasteiger partial charge in [0.15, 0.2) is 0 Å². The Hall–Kier alpha value is -0.240. The Morgan fingerprint density at radius 3 is 2.58 bits per heavy atom. The molecular formula is C16H23Cl2N. The van der Waals surface area contributed by atoms with Gasteiger partial charge >= 0.3 is 0 Å². The molecule has 1 fully saturated rings. The smallest absolute Gasteiger partial charge is 0.0439 e. The van der Waals surface area contributed by atoms with Gasteiger partial charge in [0, 0.05) is 15.6 Å². The molecule has 106 valence electrons. The zero-order valence-electron chi connectivity index (χ0n) is 11.6. The molecule has 19 heavy (non-hydrogen) atoms. The van der Waals surface area contributed by atoms with Gasteiger partial charge in [0.2, 0.25) is 0 Å². The van der Waals surface area contributed by atoms with Crippen molar-refractivity contribution in [3.8, 4) is 0 Å². The molecule has 0 unspecified atom stereocenters. The molecule has 0 amide bonds. The summed E-state index contributed by atoms with van der Waals surface area (Å²) in [4.78, 5) is 0. The lowest BCUT2D eigenvalue weighted by Gasteiger charge is -2.37. The summed E-state index contributed by atoms with van der Waals surface area (Å²) < 4.78 is 0. The van der Waals surface area contributed by atoms with Gasteiger partial charge in [0.25, 0.3) is 0 Å². The molecule has 0 heterocycles. The summed E-state index contributed by atoms with van der Waals surface area (Å²) in [5.74, 6) is 0.872. The predicted octanol–water partition coefficient (Wildman–Crippen LogP) is 5.22. The van der Waals surface area contributed by atoms with Crippen LogP contribution in [0, 0.1) is 5.92 Å². The molecule has 0 aliphatic heterocycles. The summed E-state index contributed by atoms with van der Waals surface area (Å²) in [5.41, 5.74) is 7.56. The quantitative estimate of drug-likeness (QED) is 0.810. The summed E-state index contributed by atoms with van der Waals surface area (Å²) in [6.45, 7) is 2.26. The van der Waals surface area contributed by atoms with Crippen LogP contribution in [0.2, 0.25) is 10.0 Å². The Kier molecular flexibility index (Phi) is 5.16. The zero-order valence-corrected chi connectivity index (χ0v) is 13.1. The van der Waals surface area contributed by atoms with E-state index in [9.17, 15) is 0 Å². The van der Waals surface area contributed by atoms with Crippen LogP contribution in [0.5, 0.6) is 0 Å². The summed E-state index contributed by atoms with van der Waals surface area (Å²) in [6, 6.07) is 5.65. The molecule has 0 spiro atoms. The molecule has 1 aliphatic rings. The zero-order chi connectivity index (χ0) is 13.9. The van der Waals surface area contributed by atoms with Gasteiger partial charge in [-0.2, -0.15) is 0 Å². The fourth-order valence-electron chi connectivity index (χ4n) is 3.18. The first-order valence-electron chi connectivity index (χ1n) is 7.25. The first-order valence-corrected chi connectivity index (χ1v) is 8.01. The fraction of sp³-hybridized carbons (Fsp3) is 0.625. The highest BCUT2D eigenvalue weighted by Gasteiger charge is 2.31. The van der Waals surface area contributed by atoms with Gasteiger partial charge in [-0.05, 0) is 61.8 Å². The van der Waals surface area contributed by atoms with E-state index in [0.717, 1.165) is 40.8 Å². The van der Waals surface area contributed by atoms with Crippen LogP contribution in [0.3, 0.4) is 0 Å². The van der Waals surface area contributed by atoms with Gasteiger partial charge < -0.3 is 5.73 Å². The number of hydrogen-bond donors (Lipinski definition) is 1. The lowest BCUT2D eigenvalue weighted by molar-refractivity contribution is 0.223. The van der Waals surface area contributed by atoms with E-state index in [2.05, 4.69) is 6.92 Å². The Balaban J connectivity index is 2.00. The molecule has 0 bridgehead atoms. The normalized spacial score (nSPS) is 27.5. The lowest BCUT2D eigenvalue weighted by atomic mass is 9.73. The van der Waals surface area contributed by atoms with E-state index in [0.29, 0.717) is 0 Å². The summed E-state index contributed by atoms with van der Waals surface area (Å²) in [7, 11) is 0. The van der Waals surface area contributed by atoms with Crippen molar-refractivity contribution in [2.24, 2.45) is 11.7 Å². The maximum absolute atomic E-state index is 6.57. The van der Waals surface area contributed by atoms with E-state index in [4.69, 9.17) is 28.9 Å². The highest BCUT2D eigenvalue weighted by atomic mass is 35.5. The van der Waals surface area contributed by atoms with Gasteiger partial charge in [-0.3, -0.25) is 0 Å². The molecular weight excluding hydrogens is 277 g/mol. The summed E-state index contributed by atoms with van der Waals surface area (Å²) in [6.07, 6.45) is 8.16. The van der Waals surface area contributed by atoms with Crippen molar-refractivity contribution >= 4 is 23.2 Å². The standard InChI is InChI=1S/C16H23Cl2N/c1-2-3-12-6-8-16(19,9-7-12)11-13-10-14(17)4-5-15(13)18/h4-5,10,12H,2-3,6-9,11,19H2,1H3. The van der Waals surface area contributed by atoms with E-state index in [1.807, 2.05) is 18.2 Å². The number of nitrogens with two attached hydrogens (primary N) is 1. The van der Waals surface area contributed by atoms with Crippen molar-refractivity contribution in [2.45, 2.75) is 57.4 Å². The number of benzene rings is 1. The fourth-order valence-corrected chi connectivity index (χ4v) is 3.56. The van der Waals surface area contributed by atoms with Crippen LogP contribution in [0.25, 0.3) is 0 Å². The van der Waals surface area contributed by atoms with E-state index in [1.165, 1.54) is 25.7 Å². The second-order valence-corrected chi connectivity index (χ2v) is 6.85. The van der Waals surface area contributed by atoms with Gasteiger partial charge in [-0.1, -0.05) is 43.0 Å². The molecule has 0 atom stereocenters. The topological polar surface area (TPSA) is 26.0 Å². The van der Waals surface area contributed by atoms with Crippen LogP contribution in [0.4, 0.5) is 0 Å². The Labute approximate surface area is 126 Å². The van der Waals surface area contributed by atoms with Crippen molar-refractivity contribution in [3.05, 3.63) is 33.8 Å². The highest BCUT2D eigenvalue weighted by molar-refractivity contribution is 6.33. The first kappa shape index (κ1) is 15.2. The monoisotopic (exact) mass is 299 g/mol. The van der Waals surface area contributed by atoms with Crippen molar-refractivity contribution in [2.75, 3.05) is 0 Å². The lowest BCUT2D eigenvalue weighted by Crippen LogP contribution is -2.45. The first-order chi connectivity index (χ1) is 9.02. The number of halogens is 2. The number of rotatable bonds is 4. The minimum absolute atomic E-state index is 0.0986. The Morgan fingerprint density at radius 2 is 1.95 bits per heavy atom. The minimum Gasteiger partial charge on any atom is -0.325 e.